The number of quaternary nitrogens is 1. The topological polar surface area (TPSA) is 59.7 Å². The second-order valence-electron chi connectivity index (χ2n) is 3.03. The van der Waals surface area contributed by atoms with Crippen LogP contribution in [0.25, 0.3) is 0 Å². The van der Waals surface area contributed by atoms with Crippen molar-refractivity contribution in [1.29, 1.82) is 0 Å². The number of amides is 1. The van der Waals surface area contributed by atoms with Crippen LogP contribution in [0, 0.1) is 5.92 Å². The van der Waals surface area contributed by atoms with Gasteiger partial charge in [0.25, 0.3) is 0 Å². The molecule has 0 aromatic carbocycles. The largest absolute Gasteiger partial charge is 0.369 e. The Kier molecular flexibility index (Phi) is 2.27. The molecule has 0 radical (unpaired) electrons. The van der Waals surface area contributed by atoms with Crippen molar-refractivity contribution in [3.8, 4) is 0 Å². The van der Waals surface area contributed by atoms with Gasteiger partial charge in [0.15, 0.2) is 0 Å². The molecule has 1 heterocycles. The molecule has 0 aromatic rings. The van der Waals surface area contributed by atoms with Gasteiger partial charge in [0, 0.05) is 0 Å². The molecule has 0 aliphatic carbocycles. The predicted molar refractivity (Wildman–Crippen MR) is 38.2 cm³/mol. The van der Waals surface area contributed by atoms with Gasteiger partial charge in [0.1, 0.15) is 0 Å². The van der Waals surface area contributed by atoms with E-state index in [9.17, 15) is 4.79 Å². The van der Waals surface area contributed by atoms with E-state index in [2.05, 4.69) is 12.2 Å². The normalized spacial score (nSPS) is 33.7. The summed E-state index contributed by atoms with van der Waals surface area (Å²) in [5.74, 6) is -0.0304. The Morgan fingerprint density at radius 1 is 1.70 bits per heavy atom. The molecule has 2 atom stereocenters. The van der Waals surface area contributed by atoms with E-state index >= 15 is 0 Å². The lowest BCUT2D eigenvalue weighted by Crippen LogP contribution is -2.93. The molecule has 0 unspecified atom stereocenters. The van der Waals surface area contributed by atoms with Crippen molar-refractivity contribution in [2.75, 3.05) is 6.54 Å². The van der Waals surface area contributed by atoms with Crippen molar-refractivity contribution >= 4 is 5.91 Å². The first-order chi connectivity index (χ1) is 4.72. The zero-order valence-corrected chi connectivity index (χ0v) is 6.34. The lowest BCUT2D eigenvalue weighted by molar-refractivity contribution is -0.698. The predicted octanol–water partition coefficient (Wildman–Crippen LogP) is -1.17. The van der Waals surface area contributed by atoms with E-state index in [1.165, 1.54) is 0 Å². The third-order valence-corrected chi connectivity index (χ3v) is 2.26. The minimum Gasteiger partial charge on any atom is -0.369 e. The van der Waals surface area contributed by atoms with Gasteiger partial charge < -0.3 is 11.1 Å². The summed E-state index contributed by atoms with van der Waals surface area (Å²) in [4.78, 5) is 10.8. The number of carbonyl (C=O) groups excluding carboxylic acids is 1. The summed E-state index contributed by atoms with van der Waals surface area (Å²) < 4.78 is 0. The number of hydrogen-bond donors (Lipinski definition) is 2. The van der Waals surface area contributed by atoms with Crippen molar-refractivity contribution in [3.63, 3.8) is 0 Å². The van der Waals surface area contributed by atoms with Crippen molar-refractivity contribution in [3.05, 3.63) is 0 Å². The van der Waals surface area contributed by atoms with E-state index in [1.807, 2.05) is 0 Å². The van der Waals surface area contributed by atoms with Crippen LogP contribution in [0.1, 0.15) is 19.8 Å². The quantitative estimate of drug-likeness (QED) is 0.477. The maximum absolute atomic E-state index is 10.8. The summed E-state index contributed by atoms with van der Waals surface area (Å²) in [6.45, 7) is 3.21. The molecule has 1 aliphatic rings. The zero-order valence-electron chi connectivity index (χ0n) is 6.34. The Hall–Kier alpha value is -0.570. The van der Waals surface area contributed by atoms with Crippen LogP contribution in [-0.2, 0) is 4.79 Å². The molecule has 4 N–H and O–H groups in total. The van der Waals surface area contributed by atoms with E-state index in [-0.39, 0.29) is 11.8 Å². The fourth-order valence-corrected chi connectivity index (χ4v) is 1.55. The van der Waals surface area contributed by atoms with Gasteiger partial charge in [0.2, 0.25) is 5.91 Å². The van der Waals surface area contributed by atoms with Crippen molar-refractivity contribution in [2.24, 2.45) is 11.7 Å². The molecule has 0 saturated carbocycles. The van der Waals surface area contributed by atoms with Crippen molar-refractivity contribution in [2.45, 2.75) is 25.8 Å². The zero-order chi connectivity index (χ0) is 7.56. The van der Waals surface area contributed by atoms with Crippen molar-refractivity contribution in [1.82, 2.24) is 0 Å². The summed E-state index contributed by atoms with van der Waals surface area (Å²) >= 11 is 0. The molecule has 10 heavy (non-hydrogen) atoms. The van der Waals surface area contributed by atoms with Crippen LogP contribution in [0.3, 0.4) is 0 Å². The van der Waals surface area contributed by atoms with Gasteiger partial charge in [-0.05, 0) is 19.8 Å². The molecule has 1 amide bonds. The van der Waals surface area contributed by atoms with E-state index in [0.717, 1.165) is 19.4 Å². The molecule has 3 nitrogen and oxygen atoms in total. The Balaban J connectivity index is 2.47. The van der Waals surface area contributed by atoms with Gasteiger partial charge in [-0.1, -0.05) is 0 Å². The smallest absolute Gasteiger partial charge is 0.226 e. The van der Waals surface area contributed by atoms with E-state index in [0.29, 0.717) is 6.04 Å². The number of rotatable bonds is 1. The van der Waals surface area contributed by atoms with Gasteiger partial charge in [-0.2, -0.15) is 0 Å². The highest BCUT2D eigenvalue weighted by atomic mass is 16.1. The highest BCUT2D eigenvalue weighted by Crippen LogP contribution is 2.10. The molecular formula is C7H15N2O+. The molecule has 0 bridgehead atoms. The highest BCUT2D eigenvalue weighted by molar-refractivity contribution is 5.77. The molecule has 3 heteroatoms. The van der Waals surface area contributed by atoms with Gasteiger partial charge >= 0.3 is 0 Å². The summed E-state index contributed by atoms with van der Waals surface area (Å²) in [7, 11) is 0. The van der Waals surface area contributed by atoms with Crippen LogP contribution in [-0.4, -0.2) is 18.5 Å². The molecule has 58 valence electrons. The Morgan fingerprint density at radius 3 is 2.80 bits per heavy atom. The second kappa shape index (κ2) is 3.01. The van der Waals surface area contributed by atoms with Crippen LogP contribution in [0.2, 0.25) is 0 Å². The lowest BCUT2D eigenvalue weighted by atomic mass is 9.92. The molecule has 1 saturated heterocycles. The van der Waals surface area contributed by atoms with Gasteiger partial charge in [-0.3, -0.25) is 4.79 Å². The van der Waals surface area contributed by atoms with Gasteiger partial charge in [-0.25, -0.2) is 0 Å². The van der Waals surface area contributed by atoms with E-state index in [1.54, 1.807) is 0 Å². The first-order valence-electron chi connectivity index (χ1n) is 3.84. The molecule has 0 aromatic heterocycles. The summed E-state index contributed by atoms with van der Waals surface area (Å²) in [5, 5.41) is 2.19. The Bertz CT molecular complexity index is 136. The summed E-state index contributed by atoms with van der Waals surface area (Å²) in [6.07, 6.45) is 2.10. The van der Waals surface area contributed by atoms with Crippen LogP contribution < -0.4 is 11.1 Å². The Labute approximate surface area is 61.0 Å². The number of carbonyl (C=O) groups is 1. The maximum atomic E-state index is 10.8. The van der Waals surface area contributed by atoms with Crippen LogP contribution in [0.15, 0.2) is 0 Å². The summed E-state index contributed by atoms with van der Waals surface area (Å²) in [6, 6.07) is 0.395. The van der Waals surface area contributed by atoms with Crippen molar-refractivity contribution < 1.29 is 10.1 Å². The third-order valence-electron chi connectivity index (χ3n) is 2.26. The molecule has 0 spiro atoms. The monoisotopic (exact) mass is 143 g/mol. The molecule has 1 rings (SSSR count). The molecule has 1 aliphatic heterocycles. The minimum absolute atomic E-state index is 0.105. The third kappa shape index (κ3) is 1.48. The number of piperidine rings is 1. The SMILES string of the molecule is C[C@H]1[NH2+]CCC[C@@H]1C(N)=O. The van der Waals surface area contributed by atoms with Crippen LogP contribution in [0.4, 0.5) is 0 Å². The van der Waals surface area contributed by atoms with Crippen LogP contribution >= 0.6 is 0 Å². The Morgan fingerprint density at radius 2 is 2.40 bits per heavy atom. The second-order valence-corrected chi connectivity index (χ2v) is 3.03. The molecular weight excluding hydrogens is 128 g/mol. The standard InChI is InChI=1S/C7H14N2O/c1-5-6(7(8)10)3-2-4-9-5/h5-6,9H,2-4H2,1H3,(H2,8,10)/p+1/t5-,6+/m1/s1. The minimum atomic E-state index is -0.136. The first-order valence-corrected chi connectivity index (χ1v) is 3.84. The first kappa shape index (κ1) is 7.54. The average Bonchev–Trinajstić information content (AvgIpc) is 1.88. The van der Waals surface area contributed by atoms with Crippen LogP contribution in [0.5, 0.6) is 0 Å². The molecule has 1 fully saturated rings. The lowest BCUT2D eigenvalue weighted by Gasteiger charge is -2.23. The highest BCUT2D eigenvalue weighted by Gasteiger charge is 2.28. The van der Waals surface area contributed by atoms with E-state index < -0.39 is 0 Å². The average molecular weight is 143 g/mol. The number of hydrogen-bond acceptors (Lipinski definition) is 1. The van der Waals surface area contributed by atoms with Gasteiger partial charge in [-0.15, -0.1) is 0 Å². The summed E-state index contributed by atoms with van der Waals surface area (Å²) in [5.41, 5.74) is 5.20. The number of primary amides is 1. The maximum Gasteiger partial charge on any atom is 0.226 e. The fraction of sp³-hybridized carbons (Fsp3) is 0.857. The fourth-order valence-electron chi connectivity index (χ4n) is 1.55. The van der Waals surface area contributed by atoms with E-state index in [4.69, 9.17) is 5.73 Å². The number of nitrogens with two attached hydrogens (primary N) is 2. The van der Waals surface area contributed by atoms with Gasteiger partial charge in [0.05, 0.1) is 18.5 Å².